The summed E-state index contributed by atoms with van der Waals surface area (Å²) in [6, 6.07) is 13.7. The second-order valence-electron chi connectivity index (χ2n) is 9.87. The van der Waals surface area contributed by atoms with Crippen LogP contribution in [0.15, 0.2) is 60.3 Å². The van der Waals surface area contributed by atoms with Crippen molar-refractivity contribution in [3.63, 3.8) is 0 Å². The molecule has 2 aromatic carbocycles. The minimum Gasteiger partial charge on any atom is -0.497 e. The van der Waals surface area contributed by atoms with E-state index in [9.17, 15) is 14.0 Å². The van der Waals surface area contributed by atoms with Crippen LogP contribution in [0, 0.1) is 11.7 Å². The highest BCUT2D eigenvalue weighted by Gasteiger charge is 2.41. The van der Waals surface area contributed by atoms with Gasteiger partial charge in [0.05, 0.1) is 25.9 Å². The van der Waals surface area contributed by atoms with Crippen molar-refractivity contribution >= 4 is 28.7 Å². The monoisotopic (exact) mass is 534 g/mol. The average molecular weight is 535 g/mol. The Morgan fingerprint density at radius 2 is 1.92 bits per heavy atom. The molecular formula is C29H31FN4O3S. The number of ketones is 1. The molecule has 2 unspecified atom stereocenters. The topological polar surface area (TPSA) is 77.3 Å². The Hall–Kier alpha value is -3.30. The van der Waals surface area contributed by atoms with E-state index in [0.717, 1.165) is 29.7 Å². The standard InChI is InChI=1S/C29H31FN4O3S/c1-19(35)38-27-13-14-33(28(29(36)21-9-10-21)25-5-3-4-6-26(25)30)17-22(27)15-23-18-34(32-31-23)16-20-7-11-24(37-2)12-8-20/h3-8,11-12,15,18,21,27-28H,9-10,13-14,16-17H2,1-2H3/b22-15-. The van der Waals surface area contributed by atoms with Gasteiger partial charge in [0, 0.05) is 36.7 Å². The van der Waals surface area contributed by atoms with Gasteiger partial charge in [0.25, 0.3) is 0 Å². The molecular weight excluding hydrogens is 503 g/mol. The third-order valence-electron chi connectivity index (χ3n) is 6.99. The number of carbonyl (C=O) groups excluding carboxylic acids is 2. The summed E-state index contributed by atoms with van der Waals surface area (Å²) in [6.45, 7) is 3.18. The molecule has 1 saturated heterocycles. The smallest absolute Gasteiger partial charge is 0.186 e. The third kappa shape index (κ3) is 6.22. The van der Waals surface area contributed by atoms with Crippen LogP contribution < -0.4 is 4.74 Å². The van der Waals surface area contributed by atoms with Crippen molar-refractivity contribution in [2.45, 2.75) is 44.0 Å². The van der Waals surface area contributed by atoms with Gasteiger partial charge in [-0.15, -0.1) is 5.10 Å². The van der Waals surface area contributed by atoms with Crippen LogP contribution in [0.4, 0.5) is 4.39 Å². The number of Topliss-reactive ketones (excluding diaryl/α,β-unsaturated/α-hetero) is 1. The van der Waals surface area contributed by atoms with Crippen LogP contribution >= 0.6 is 11.8 Å². The predicted octanol–water partition coefficient (Wildman–Crippen LogP) is 4.93. The van der Waals surface area contributed by atoms with E-state index in [1.165, 1.54) is 17.8 Å². The molecule has 0 spiro atoms. The van der Waals surface area contributed by atoms with Gasteiger partial charge in [-0.1, -0.05) is 47.3 Å². The number of aromatic nitrogens is 3. The first-order valence-electron chi connectivity index (χ1n) is 12.8. The number of ether oxygens (including phenoxy) is 1. The average Bonchev–Trinajstić information content (AvgIpc) is 3.67. The lowest BCUT2D eigenvalue weighted by Crippen LogP contribution is -2.43. The van der Waals surface area contributed by atoms with Gasteiger partial charge in [0.15, 0.2) is 10.9 Å². The van der Waals surface area contributed by atoms with Crippen LogP contribution in [-0.2, 0) is 16.1 Å². The first kappa shape index (κ1) is 26.3. The highest BCUT2D eigenvalue weighted by atomic mass is 32.2. The van der Waals surface area contributed by atoms with E-state index in [2.05, 4.69) is 15.2 Å². The van der Waals surface area contributed by atoms with Gasteiger partial charge in [-0.2, -0.15) is 0 Å². The molecule has 1 aliphatic heterocycles. The van der Waals surface area contributed by atoms with Crippen molar-refractivity contribution in [2.75, 3.05) is 20.2 Å². The number of benzene rings is 2. The van der Waals surface area contributed by atoms with Gasteiger partial charge in [-0.05, 0) is 54.7 Å². The second-order valence-corrected chi connectivity index (χ2v) is 11.2. The van der Waals surface area contributed by atoms with Gasteiger partial charge in [0.2, 0.25) is 0 Å². The van der Waals surface area contributed by atoms with E-state index < -0.39 is 6.04 Å². The molecule has 2 fully saturated rings. The largest absolute Gasteiger partial charge is 0.497 e. The minimum absolute atomic E-state index is 0.00536. The molecule has 38 heavy (non-hydrogen) atoms. The Morgan fingerprint density at radius 1 is 1.16 bits per heavy atom. The molecule has 2 heterocycles. The van der Waals surface area contributed by atoms with Crippen molar-refractivity contribution in [1.29, 1.82) is 0 Å². The molecule has 1 aromatic heterocycles. The number of rotatable bonds is 9. The number of halogens is 1. The third-order valence-corrected chi connectivity index (χ3v) is 8.15. The van der Waals surface area contributed by atoms with Crippen LogP contribution in [-0.4, -0.2) is 56.2 Å². The molecule has 7 nitrogen and oxygen atoms in total. The number of hydrogen-bond donors (Lipinski definition) is 0. The fourth-order valence-electron chi connectivity index (χ4n) is 4.96. The second kappa shape index (κ2) is 11.6. The van der Waals surface area contributed by atoms with E-state index in [-0.39, 0.29) is 27.9 Å². The zero-order chi connectivity index (χ0) is 26.6. The molecule has 0 amide bonds. The summed E-state index contributed by atoms with van der Waals surface area (Å²) in [6.07, 6.45) is 6.24. The predicted molar refractivity (Wildman–Crippen MR) is 145 cm³/mol. The molecule has 198 valence electrons. The summed E-state index contributed by atoms with van der Waals surface area (Å²) in [4.78, 5) is 27.5. The Morgan fingerprint density at radius 3 is 2.61 bits per heavy atom. The quantitative estimate of drug-likeness (QED) is 0.385. The van der Waals surface area contributed by atoms with E-state index >= 15 is 0 Å². The molecule has 2 atom stereocenters. The molecule has 2 aliphatic rings. The molecule has 3 aromatic rings. The maximum atomic E-state index is 14.9. The number of carbonyl (C=O) groups is 2. The maximum Gasteiger partial charge on any atom is 0.186 e. The summed E-state index contributed by atoms with van der Waals surface area (Å²) in [5, 5.41) is 8.62. The van der Waals surface area contributed by atoms with Gasteiger partial charge in [-0.25, -0.2) is 9.07 Å². The lowest BCUT2D eigenvalue weighted by molar-refractivity contribution is -0.126. The molecule has 1 saturated carbocycles. The summed E-state index contributed by atoms with van der Waals surface area (Å²) in [5.74, 6) is 0.507. The van der Waals surface area contributed by atoms with Crippen LogP contribution in [0.1, 0.15) is 49.0 Å². The fourth-order valence-corrected chi connectivity index (χ4v) is 5.88. The Kier molecular flexibility index (Phi) is 8.04. The first-order valence-corrected chi connectivity index (χ1v) is 13.7. The number of methoxy groups -OCH3 is 1. The summed E-state index contributed by atoms with van der Waals surface area (Å²) in [7, 11) is 1.64. The molecule has 5 rings (SSSR count). The lowest BCUT2D eigenvalue weighted by Gasteiger charge is -2.38. The molecule has 1 aliphatic carbocycles. The molecule has 0 radical (unpaired) electrons. The van der Waals surface area contributed by atoms with E-state index in [1.54, 1.807) is 36.9 Å². The number of thioether (sulfide) groups is 1. The zero-order valence-electron chi connectivity index (χ0n) is 21.5. The van der Waals surface area contributed by atoms with E-state index in [4.69, 9.17) is 4.74 Å². The fraction of sp³-hybridized carbons (Fsp3) is 0.379. The molecule has 0 N–H and O–H groups in total. The Labute approximate surface area is 226 Å². The number of likely N-dealkylation sites (tertiary alicyclic amines) is 1. The molecule has 9 heteroatoms. The van der Waals surface area contributed by atoms with Crippen molar-refractivity contribution in [2.24, 2.45) is 5.92 Å². The number of hydrogen-bond acceptors (Lipinski definition) is 7. The normalized spacial score (nSPS) is 19.9. The lowest BCUT2D eigenvalue weighted by atomic mass is 9.93. The Balaban J connectivity index is 1.40. The van der Waals surface area contributed by atoms with Gasteiger partial charge >= 0.3 is 0 Å². The minimum atomic E-state index is -0.638. The van der Waals surface area contributed by atoms with Crippen molar-refractivity contribution in [1.82, 2.24) is 19.9 Å². The van der Waals surface area contributed by atoms with Crippen LogP contribution in [0.5, 0.6) is 5.75 Å². The zero-order valence-corrected chi connectivity index (χ0v) is 22.4. The van der Waals surface area contributed by atoms with Crippen LogP contribution in [0.2, 0.25) is 0 Å². The summed E-state index contributed by atoms with van der Waals surface area (Å²) < 4.78 is 21.9. The van der Waals surface area contributed by atoms with Gasteiger partial charge in [0.1, 0.15) is 17.3 Å². The van der Waals surface area contributed by atoms with E-state index in [1.807, 2.05) is 36.5 Å². The maximum absolute atomic E-state index is 14.9. The van der Waals surface area contributed by atoms with Crippen molar-refractivity contribution < 1.29 is 18.7 Å². The highest BCUT2D eigenvalue weighted by molar-refractivity contribution is 8.14. The van der Waals surface area contributed by atoms with Gasteiger partial charge < -0.3 is 4.74 Å². The van der Waals surface area contributed by atoms with Crippen molar-refractivity contribution in [3.05, 3.63) is 82.9 Å². The number of nitrogens with zero attached hydrogens (tertiary/aromatic N) is 4. The number of piperidine rings is 1. The Bertz CT molecular complexity index is 1340. The highest BCUT2D eigenvalue weighted by Crippen LogP contribution is 2.40. The summed E-state index contributed by atoms with van der Waals surface area (Å²) >= 11 is 1.30. The van der Waals surface area contributed by atoms with E-state index in [0.29, 0.717) is 37.3 Å². The van der Waals surface area contributed by atoms with Gasteiger partial charge in [-0.3, -0.25) is 14.5 Å². The van der Waals surface area contributed by atoms with Crippen LogP contribution in [0.25, 0.3) is 6.08 Å². The van der Waals surface area contributed by atoms with Crippen LogP contribution in [0.3, 0.4) is 0 Å². The molecule has 0 bridgehead atoms. The SMILES string of the molecule is COc1ccc(Cn2cc(/C=C3/CN(C(C(=O)C4CC4)c4ccccc4F)CCC3SC(C)=O)nn2)cc1. The van der Waals surface area contributed by atoms with Crippen molar-refractivity contribution in [3.8, 4) is 5.75 Å². The summed E-state index contributed by atoms with van der Waals surface area (Å²) in [5.41, 5.74) is 3.15. The first-order chi connectivity index (χ1) is 18.4.